The summed E-state index contributed by atoms with van der Waals surface area (Å²) in [6.45, 7) is 4.35. The Morgan fingerprint density at radius 1 is 0.929 bits per heavy atom. The van der Waals surface area contributed by atoms with Gasteiger partial charge in [-0.3, -0.25) is 9.59 Å². The van der Waals surface area contributed by atoms with Crippen molar-refractivity contribution in [2.75, 3.05) is 19.6 Å². The molecule has 0 N–H and O–H groups in total. The molecule has 1 saturated carbocycles. The lowest BCUT2D eigenvalue weighted by atomic mass is 9.97. The van der Waals surface area contributed by atoms with Crippen LogP contribution in [0.5, 0.6) is 0 Å². The van der Waals surface area contributed by atoms with E-state index in [0.717, 1.165) is 83.1 Å². The van der Waals surface area contributed by atoms with Crippen LogP contribution in [0.2, 0.25) is 0 Å². The molecular formula is C22H32N4O2. The number of nitrogens with zero attached hydrogens (tertiary/aromatic N) is 4. The second-order valence-electron chi connectivity index (χ2n) is 8.60. The van der Waals surface area contributed by atoms with Gasteiger partial charge in [-0.05, 0) is 58.3 Å². The third-order valence-electron chi connectivity index (χ3n) is 6.66. The number of aromatic nitrogens is 2. The van der Waals surface area contributed by atoms with Crippen LogP contribution in [0.25, 0.3) is 0 Å². The summed E-state index contributed by atoms with van der Waals surface area (Å²) in [7, 11) is 0. The molecule has 28 heavy (non-hydrogen) atoms. The second kappa shape index (κ2) is 8.58. The van der Waals surface area contributed by atoms with E-state index in [1.54, 1.807) is 6.20 Å². The molecule has 4 rings (SSSR count). The quantitative estimate of drug-likeness (QED) is 0.798. The van der Waals surface area contributed by atoms with Crippen LogP contribution < -0.4 is 0 Å². The first-order valence-corrected chi connectivity index (χ1v) is 11.1. The van der Waals surface area contributed by atoms with Gasteiger partial charge >= 0.3 is 0 Å². The smallest absolute Gasteiger partial charge is 0.257 e. The molecule has 3 heterocycles. The highest BCUT2D eigenvalue weighted by Gasteiger charge is 2.35. The minimum Gasteiger partial charge on any atom is -0.339 e. The highest BCUT2D eigenvalue weighted by atomic mass is 16.2. The lowest BCUT2D eigenvalue weighted by molar-refractivity contribution is -0.139. The van der Waals surface area contributed by atoms with Gasteiger partial charge in [0.15, 0.2) is 5.82 Å². The number of rotatable bonds is 3. The Bertz CT molecular complexity index is 723. The first kappa shape index (κ1) is 19.3. The standard InChI is InChI=1S/C22H32N4O2/c1-16-18(22(28)25-12-6-2-7-13-25)15-23-20(24-16)19-11-5-8-14-26(19)21(27)17-9-3-4-10-17/h15,17,19H,2-14H2,1H3/t19-/m0/s1. The highest BCUT2D eigenvalue weighted by molar-refractivity contribution is 5.95. The fourth-order valence-corrected chi connectivity index (χ4v) is 4.99. The zero-order valence-electron chi connectivity index (χ0n) is 17.0. The Hall–Kier alpha value is -1.98. The van der Waals surface area contributed by atoms with Gasteiger partial charge in [-0.25, -0.2) is 9.97 Å². The lowest BCUT2D eigenvalue weighted by Crippen LogP contribution is -2.42. The van der Waals surface area contributed by atoms with Crippen molar-refractivity contribution >= 4 is 11.8 Å². The van der Waals surface area contributed by atoms with Crippen molar-refractivity contribution in [1.82, 2.24) is 19.8 Å². The summed E-state index contributed by atoms with van der Waals surface area (Å²) in [6.07, 6.45) is 12.5. The zero-order valence-corrected chi connectivity index (χ0v) is 17.0. The van der Waals surface area contributed by atoms with Crippen molar-refractivity contribution < 1.29 is 9.59 Å². The Kier molecular flexibility index (Phi) is 5.93. The molecule has 1 aliphatic carbocycles. The molecule has 1 aromatic rings. The van der Waals surface area contributed by atoms with Crippen molar-refractivity contribution in [2.45, 2.75) is 77.2 Å². The van der Waals surface area contributed by atoms with E-state index in [9.17, 15) is 9.59 Å². The van der Waals surface area contributed by atoms with Crippen LogP contribution in [-0.2, 0) is 4.79 Å². The van der Waals surface area contributed by atoms with Gasteiger partial charge in [0.2, 0.25) is 5.91 Å². The largest absolute Gasteiger partial charge is 0.339 e. The molecule has 3 aliphatic rings. The maximum Gasteiger partial charge on any atom is 0.257 e. The van der Waals surface area contributed by atoms with Crippen LogP contribution in [0, 0.1) is 12.8 Å². The highest BCUT2D eigenvalue weighted by Crippen LogP contribution is 2.34. The molecule has 6 heteroatoms. The Morgan fingerprint density at radius 2 is 1.61 bits per heavy atom. The van der Waals surface area contributed by atoms with Gasteiger partial charge in [0.05, 0.1) is 17.3 Å². The van der Waals surface area contributed by atoms with Crippen LogP contribution in [-0.4, -0.2) is 51.2 Å². The van der Waals surface area contributed by atoms with Crippen molar-refractivity contribution in [2.24, 2.45) is 5.92 Å². The predicted molar refractivity (Wildman–Crippen MR) is 107 cm³/mol. The molecule has 1 atom stereocenters. The van der Waals surface area contributed by atoms with E-state index in [0.29, 0.717) is 11.4 Å². The third-order valence-corrected chi connectivity index (χ3v) is 6.66. The summed E-state index contributed by atoms with van der Waals surface area (Å²) in [5.74, 6) is 1.23. The molecule has 2 aliphatic heterocycles. The number of carbonyl (C=O) groups excluding carboxylic acids is 2. The van der Waals surface area contributed by atoms with E-state index < -0.39 is 0 Å². The summed E-state index contributed by atoms with van der Waals surface area (Å²) in [4.78, 5) is 39.2. The Labute approximate surface area is 167 Å². The fraction of sp³-hybridized carbons (Fsp3) is 0.727. The van der Waals surface area contributed by atoms with Gasteiger partial charge in [-0.15, -0.1) is 0 Å². The normalized spacial score (nSPS) is 23.8. The fourth-order valence-electron chi connectivity index (χ4n) is 4.99. The van der Waals surface area contributed by atoms with Crippen molar-refractivity contribution in [3.63, 3.8) is 0 Å². The van der Waals surface area contributed by atoms with Crippen LogP contribution >= 0.6 is 0 Å². The van der Waals surface area contributed by atoms with Gasteiger partial charge in [-0.2, -0.15) is 0 Å². The summed E-state index contributed by atoms with van der Waals surface area (Å²) in [6, 6.07) is -0.0420. The first-order chi connectivity index (χ1) is 13.6. The average molecular weight is 385 g/mol. The third kappa shape index (κ3) is 3.91. The molecule has 2 amide bonds. The molecule has 6 nitrogen and oxygen atoms in total. The van der Waals surface area contributed by atoms with Crippen molar-refractivity contribution in [3.05, 3.63) is 23.3 Å². The molecule has 0 radical (unpaired) electrons. The van der Waals surface area contributed by atoms with E-state index >= 15 is 0 Å². The molecule has 0 aromatic carbocycles. The minimum absolute atomic E-state index is 0.0420. The predicted octanol–water partition coefficient (Wildman–Crippen LogP) is 3.65. The number of hydrogen-bond donors (Lipinski definition) is 0. The number of carbonyl (C=O) groups is 2. The van der Waals surface area contributed by atoms with E-state index in [1.165, 1.54) is 6.42 Å². The monoisotopic (exact) mass is 384 g/mol. The summed E-state index contributed by atoms with van der Waals surface area (Å²) in [5.41, 5.74) is 1.34. The van der Waals surface area contributed by atoms with Crippen molar-refractivity contribution in [1.29, 1.82) is 0 Å². The lowest BCUT2D eigenvalue weighted by Gasteiger charge is -2.36. The van der Waals surface area contributed by atoms with Gasteiger partial charge in [0, 0.05) is 31.7 Å². The van der Waals surface area contributed by atoms with Gasteiger partial charge in [0.1, 0.15) is 0 Å². The second-order valence-corrected chi connectivity index (χ2v) is 8.60. The maximum atomic E-state index is 13.1. The molecular weight excluding hydrogens is 352 g/mol. The van der Waals surface area contributed by atoms with E-state index in [4.69, 9.17) is 4.98 Å². The number of hydrogen-bond acceptors (Lipinski definition) is 4. The Morgan fingerprint density at radius 3 is 2.32 bits per heavy atom. The molecule has 1 aromatic heterocycles. The minimum atomic E-state index is -0.0420. The summed E-state index contributed by atoms with van der Waals surface area (Å²) >= 11 is 0. The molecule has 3 fully saturated rings. The van der Waals surface area contributed by atoms with Gasteiger partial charge in [0.25, 0.3) is 5.91 Å². The van der Waals surface area contributed by atoms with Crippen LogP contribution in [0.1, 0.15) is 92.1 Å². The van der Waals surface area contributed by atoms with Crippen LogP contribution in [0.3, 0.4) is 0 Å². The zero-order chi connectivity index (χ0) is 19.5. The van der Waals surface area contributed by atoms with E-state index in [1.807, 2.05) is 16.7 Å². The van der Waals surface area contributed by atoms with Crippen LogP contribution in [0.4, 0.5) is 0 Å². The number of amides is 2. The Balaban J connectivity index is 1.53. The molecule has 0 spiro atoms. The molecule has 0 unspecified atom stereocenters. The summed E-state index contributed by atoms with van der Waals surface area (Å²) in [5, 5.41) is 0. The average Bonchev–Trinajstić information content (AvgIpc) is 3.28. The molecule has 2 saturated heterocycles. The van der Waals surface area contributed by atoms with E-state index in [2.05, 4.69) is 4.98 Å². The van der Waals surface area contributed by atoms with Gasteiger partial charge < -0.3 is 9.80 Å². The molecule has 0 bridgehead atoms. The first-order valence-electron chi connectivity index (χ1n) is 11.1. The van der Waals surface area contributed by atoms with Gasteiger partial charge in [-0.1, -0.05) is 12.8 Å². The number of piperidine rings is 2. The number of aryl methyl sites for hydroxylation is 1. The number of likely N-dealkylation sites (tertiary alicyclic amines) is 2. The maximum absolute atomic E-state index is 13.1. The topological polar surface area (TPSA) is 66.4 Å². The van der Waals surface area contributed by atoms with Crippen molar-refractivity contribution in [3.8, 4) is 0 Å². The van der Waals surface area contributed by atoms with E-state index in [-0.39, 0.29) is 23.8 Å². The van der Waals surface area contributed by atoms with Crippen LogP contribution in [0.15, 0.2) is 6.20 Å². The molecule has 152 valence electrons. The SMILES string of the molecule is Cc1nc([C@@H]2CCCCN2C(=O)C2CCCC2)ncc1C(=O)N1CCCCC1. The summed E-state index contributed by atoms with van der Waals surface area (Å²) < 4.78 is 0.